The molecule has 0 heteroatoms. The van der Waals surface area contributed by atoms with Gasteiger partial charge in [0.05, 0.1) is 0 Å². The van der Waals surface area contributed by atoms with Gasteiger partial charge in [-0.25, -0.2) is 0 Å². The quantitative estimate of drug-likeness (QED) is 0.450. The lowest BCUT2D eigenvalue weighted by atomic mass is 9.90. The van der Waals surface area contributed by atoms with Crippen molar-refractivity contribution in [2.24, 2.45) is 11.8 Å². The van der Waals surface area contributed by atoms with E-state index in [0.29, 0.717) is 0 Å². The Morgan fingerprint density at radius 3 is 2.90 bits per heavy atom. The van der Waals surface area contributed by atoms with Crippen molar-refractivity contribution >= 4 is 0 Å². The van der Waals surface area contributed by atoms with Crippen LogP contribution < -0.4 is 0 Å². The molecule has 10 heavy (non-hydrogen) atoms. The highest BCUT2D eigenvalue weighted by Gasteiger charge is 2.07. The van der Waals surface area contributed by atoms with Crippen molar-refractivity contribution in [1.82, 2.24) is 0 Å². The van der Waals surface area contributed by atoms with E-state index >= 15 is 0 Å². The van der Waals surface area contributed by atoms with Crippen LogP contribution in [0.4, 0.5) is 0 Å². The molecule has 1 aliphatic carbocycles. The second kappa shape index (κ2) is 3.80. The smallest absolute Gasteiger partial charge is 0.0259 e. The predicted octanol–water partition coefficient (Wildman–Crippen LogP) is 3.39. The van der Waals surface area contributed by atoms with Crippen LogP contribution in [0.15, 0.2) is 12.2 Å². The molecule has 0 spiro atoms. The van der Waals surface area contributed by atoms with Gasteiger partial charge >= 0.3 is 0 Å². The molecule has 2 atom stereocenters. The molecular weight excluding hydrogens is 120 g/mol. The molecule has 2 unspecified atom stereocenters. The van der Waals surface area contributed by atoms with Gasteiger partial charge < -0.3 is 0 Å². The minimum absolute atomic E-state index is 0.815. The van der Waals surface area contributed by atoms with E-state index in [-0.39, 0.29) is 0 Å². The van der Waals surface area contributed by atoms with E-state index in [1.54, 1.807) is 0 Å². The van der Waals surface area contributed by atoms with Crippen LogP contribution in [0.5, 0.6) is 0 Å². The number of rotatable bonds is 0. The van der Waals surface area contributed by atoms with Crippen molar-refractivity contribution in [1.29, 1.82) is 0 Å². The maximum absolute atomic E-state index is 2.37. The molecule has 0 aliphatic heterocycles. The van der Waals surface area contributed by atoms with Crippen LogP contribution in [0.2, 0.25) is 0 Å². The molecule has 1 aliphatic rings. The zero-order chi connectivity index (χ0) is 7.40. The summed E-state index contributed by atoms with van der Waals surface area (Å²) >= 11 is 0. The summed E-state index contributed by atoms with van der Waals surface area (Å²) in [5, 5.41) is 0. The number of hydrogen-bond donors (Lipinski definition) is 0. The van der Waals surface area contributed by atoms with Crippen molar-refractivity contribution in [3.63, 3.8) is 0 Å². The molecule has 0 fully saturated rings. The van der Waals surface area contributed by atoms with E-state index in [1.807, 2.05) is 0 Å². The molecule has 0 aromatic carbocycles. The van der Waals surface area contributed by atoms with Crippen LogP contribution in [0.25, 0.3) is 0 Å². The summed E-state index contributed by atoms with van der Waals surface area (Å²) in [4.78, 5) is 0. The average molecular weight is 138 g/mol. The topological polar surface area (TPSA) is 0 Å². The van der Waals surface area contributed by atoms with E-state index in [9.17, 15) is 0 Å². The van der Waals surface area contributed by atoms with Gasteiger partial charge in [-0.2, -0.15) is 0 Å². The maximum atomic E-state index is 2.37. The summed E-state index contributed by atoms with van der Waals surface area (Å²) in [6.07, 6.45) is 10.2. The van der Waals surface area contributed by atoms with Gasteiger partial charge in [0.2, 0.25) is 0 Å². The van der Waals surface area contributed by atoms with Gasteiger partial charge in [-0.15, -0.1) is 0 Å². The average Bonchev–Trinajstić information content (AvgIpc) is 1.83. The van der Waals surface area contributed by atoms with Crippen LogP contribution in [0.3, 0.4) is 0 Å². The molecule has 1 rings (SSSR count). The third kappa shape index (κ3) is 2.55. The van der Waals surface area contributed by atoms with Gasteiger partial charge in [-0.3, -0.25) is 0 Å². The Bertz CT molecular complexity index is 113. The summed E-state index contributed by atoms with van der Waals surface area (Å²) in [6.45, 7) is 4.69. The minimum Gasteiger partial charge on any atom is -0.0883 e. The van der Waals surface area contributed by atoms with Crippen molar-refractivity contribution in [3.05, 3.63) is 12.2 Å². The summed E-state index contributed by atoms with van der Waals surface area (Å²) in [5.74, 6) is 1.76. The second-order valence-corrected chi connectivity index (χ2v) is 3.68. The Labute approximate surface area is 64.3 Å². The van der Waals surface area contributed by atoms with Gasteiger partial charge in [-0.05, 0) is 31.1 Å². The Kier molecular flexibility index (Phi) is 2.98. The van der Waals surface area contributed by atoms with E-state index in [0.717, 1.165) is 11.8 Å². The van der Waals surface area contributed by atoms with Gasteiger partial charge in [-0.1, -0.05) is 32.4 Å². The Hall–Kier alpha value is -0.260. The fourth-order valence-corrected chi connectivity index (χ4v) is 1.74. The largest absolute Gasteiger partial charge is 0.0883 e. The van der Waals surface area contributed by atoms with Gasteiger partial charge in [0.15, 0.2) is 0 Å². The first-order valence-electron chi connectivity index (χ1n) is 4.45. The highest BCUT2D eigenvalue weighted by Crippen LogP contribution is 2.21. The first-order chi connectivity index (χ1) is 4.79. The third-order valence-corrected chi connectivity index (χ3v) is 2.31. The summed E-state index contributed by atoms with van der Waals surface area (Å²) in [6, 6.07) is 0. The highest BCUT2D eigenvalue weighted by atomic mass is 14.1. The summed E-state index contributed by atoms with van der Waals surface area (Å²) < 4.78 is 0. The predicted molar refractivity (Wildman–Crippen MR) is 45.9 cm³/mol. The van der Waals surface area contributed by atoms with Gasteiger partial charge in [0.25, 0.3) is 0 Å². The van der Waals surface area contributed by atoms with Gasteiger partial charge in [0, 0.05) is 0 Å². The number of allylic oxidation sites excluding steroid dienone is 2. The van der Waals surface area contributed by atoms with E-state index in [1.165, 1.54) is 25.7 Å². The van der Waals surface area contributed by atoms with Crippen LogP contribution in [0, 0.1) is 11.8 Å². The Morgan fingerprint density at radius 1 is 1.30 bits per heavy atom. The Morgan fingerprint density at radius 2 is 2.10 bits per heavy atom. The van der Waals surface area contributed by atoms with Crippen molar-refractivity contribution in [2.45, 2.75) is 39.5 Å². The molecule has 0 amide bonds. The number of hydrogen-bond acceptors (Lipinski definition) is 0. The summed E-state index contributed by atoms with van der Waals surface area (Å²) in [5.41, 5.74) is 0. The SMILES string of the molecule is CC1C=CCCCC(C)C1. The van der Waals surface area contributed by atoms with Crippen LogP contribution >= 0.6 is 0 Å². The van der Waals surface area contributed by atoms with Crippen LogP contribution in [-0.2, 0) is 0 Å². The zero-order valence-electron chi connectivity index (χ0n) is 7.14. The lowest BCUT2D eigenvalue weighted by molar-refractivity contribution is 0.419. The lowest BCUT2D eigenvalue weighted by Gasteiger charge is -2.16. The standard InChI is InChI=1S/C10H18/c1-9-6-4-3-5-7-10(2)8-9/h4,6,9-10H,3,5,7-8H2,1-2H3. The molecule has 0 nitrogen and oxygen atoms in total. The lowest BCUT2D eigenvalue weighted by Crippen LogP contribution is -2.02. The molecule has 0 heterocycles. The first-order valence-corrected chi connectivity index (χ1v) is 4.45. The van der Waals surface area contributed by atoms with E-state index in [2.05, 4.69) is 26.0 Å². The highest BCUT2D eigenvalue weighted by molar-refractivity contribution is 4.88. The molecule has 0 radical (unpaired) electrons. The molecular formula is C10H18. The second-order valence-electron chi connectivity index (χ2n) is 3.68. The van der Waals surface area contributed by atoms with Crippen LogP contribution in [0.1, 0.15) is 39.5 Å². The van der Waals surface area contributed by atoms with Crippen molar-refractivity contribution < 1.29 is 0 Å². The normalized spacial score (nSPS) is 35.0. The molecule has 0 N–H and O–H groups in total. The van der Waals surface area contributed by atoms with Gasteiger partial charge in [0.1, 0.15) is 0 Å². The first kappa shape index (κ1) is 7.84. The molecule has 0 saturated carbocycles. The monoisotopic (exact) mass is 138 g/mol. The van der Waals surface area contributed by atoms with E-state index in [4.69, 9.17) is 0 Å². The van der Waals surface area contributed by atoms with Crippen molar-refractivity contribution in [2.75, 3.05) is 0 Å². The van der Waals surface area contributed by atoms with Crippen LogP contribution in [-0.4, -0.2) is 0 Å². The molecule has 0 bridgehead atoms. The van der Waals surface area contributed by atoms with E-state index < -0.39 is 0 Å². The van der Waals surface area contributed by atoms with Crippen molar-refractivity contribution in [3.8, 4) is 0 Å². The fourth-order valence-electron chi connectivity index (χ4n) is 1.74. The Balaban J connectivity index is 2.40. The fraction of sp³-hybridized carbons (Fsp3) is 0.800. The molecule has 0 saturated heterocycles. The summed E-state index contributed by atoms with van der Waals surface area (Å²) in [7, 11) is 0. The third-order valence-electron chi connectivity index (χ3n) is 2.31. The molecule has 0 aromatic heterocycles. The zero-order valence-corrected chi connectivity index (χ0v) is 7.14. The maximum Gasteiger partial charge on any atom is -0.0259 e. The minimum atomic E-state index is 0.815. The molecule has 0 aromatic rings. The molecule has 58 valence electrons.